The Kier molecular flexibility index (Phi) is 5.81. The summed E-state index contributed by atoms with van der Waals surface area (Å²) < 4.78 is 10.4. The van der Waals surface area contributed by atoms with Crippen LogP contribution in [0.3, 0.4) is 0 Å². The molecular formula is C15H27NO4. The fourth-order valence-corrected chi connectivity index (χ4v) is 3.27. The first kappa shape index (κ1) is 15.7. The zero-order valence-corrected chi connectivity index (χ0v) is 12.5. The van der Waals surface area contributed by atoms with E-state index in [4.69, 9.17) is 9.47 Å². The number of ether oxygens (including phenoxy) is 2. The van der Waals surface area contributed by atoms with E-state index < -0.39 is 5.60 Å². The Labute approximate surface area is 121 Å². The van der Waals surface area contributed by atoms with E-state index in [2.05, 4.69) is 4.90 Å². The Bertz CT molecular complexity index is 309. The number of carbonyl (C=O) groups excluding carboxylic acids is 1. The van der Waals surface area contributed by atoms with Crippen molar-refractivity contribution in [2.45, 2.75) is 56.7 Å². The van der Waals surface area contributed by atoms with Gasteiger partial charge < -0.3 is 14.6 Å². The third-order valence-electron chi connectivity index (χ3n) is 4.40. The molecule has 2 aliphatic rings. The SMILES string of the molecule is COC(=O)CCN(CC1CCCO1)CC1(O)CCCC1. The first-order valence-electron chi connectivity index (χ1n) is 7.74. The van der Waals surface area contributed by atoms with E-state index in [0.29, 0.717) is 19.5 Å². The second kappa shape index (κ2) is 7.38. The second-order valence-electron chi connectivity index (χ2n) is 6.13. The molecule has 1 unspecified atom stereocenters. The van der Waals surface area contributed by atoms with Crippen LogP contribution in [0.25, 0.3) is 0 Å². The van der Waals surface area contributed by atoms with E-state index in [9.17, 15) is 9.90 Å². The summed E-state index contributed by atoms with van der Waals surface area (Å²) >= 11 is 0. The average Bonchev–Trinajstić information content (AvgIpc) is 3.07. The third kappa shape index (κ3) is 4.72. The molecule has 0 spiro atoms. The van der Waals surface area contributed by atoms with Crippen LogP contribution in [0.2, 0.25) is 0 Å². The normalized spacial score (nSPS) is 25.2. The fraction of sp³-hybridized carbons (Fsp3) is 0.933. The van der Waals surface area contributed by atoms with E-state index in [0.717, 1.165) is 51.7 Å². The number of esters is 1. The molecule has 2 rings (SSSR count). The van der Waals surface area contributed by atoms with Gasteiger partial charge in [0.2, 0.25) is 0 Å². The summed E-state index contributed by atoms with van der Waals surface area (Å²) in [7, 11) is 1.41. The second-order valence-corrected chi connectivity index (χ2v) is 6.13. The summed E-state index contributed by atoms with van der Waals surface area (Å²) in [6, 6.07) is 0. The highest BCUT2D eigenvalue weighted by Gasteiger charge is 2.34. The van der Waals surface area contributed by atoms with Gasteiger partial charge in [-0.1, -0.05) is 12.8 Å². The van der Waals surface area contributed by atoms with Crippen LogP contribution in [0, 0.1) is 0 Å². The number of carbonyl (C=O) groups is 1. The van der Waals surface area contributed by atoms with E-state index in [1.54, 1.807) is 0 Å². The maximum atomic E-state index is 11.3. The molecule has 5 heteroatoms. The van der Waals surface area contributed by atoms with E-state index in [1.807, 2.05) is 0 Å². The number of aliphatic hydroxyl groups is 1. The standard InChI is InChI=1S/C15H27NO4/c1-19-14(17)6-9-16(11-13-5-4-10-20-13)12-15(18)7-2-3-8-15/h13,18H,2-12H2,1H3. The topological polar surface area (TPSA) is 59.0 Å². The van der Waals surface area contributed by atoms with Gasteiger partial charge in [-0.25, -0.2) is 0 Å². The minimum atomic E-state index is -0.575. The summed E-state index contributed by atoms with van der Waals surface area (Å²) in [5.41, 5.74) is -0.575. The van der Waals surface area contributed by atoms with Gasteiger partial charge in [-0.2, -0.15) is 0 Å². The monoisotopic (exact) mass is 285 g/mol. The molecule has 0 aromatic rings. The Morgan fingerprint density at radius 2 is 2.15 bits per heavy atom. The van der Waals surface area contributed by atoms with Gasteiger partial charge in [-0.05, 0) is 25.7 Å². The lowest BCUT2D eigenvalue weighted by atomic mass is 10.0. The molecule has 0 radical (unpaired) electrons. The van der Waals surface area contributed by atoms with Crippen molar-refractivity contribution >= 4 is 5.97 Å². The molecule has 116 valence electrons. The van der Waals surface area contributed by atoms with Crippen LogP contribution < -0.4 is 0 Å². The number of nitrogens with zero attached hydrogens (tertiary/aromatic N) is 1. The van der Waals surface area contributed by atoms with Crippen LogP contribution in [0.1, 0.15) is 44.9 Å². The summed E-state index contributed by atoms with van der Waals surface area (Å²) in [5.74, 6) is -0.194. The van der Waals surface area contributed by atoms with Gasteiger partial charge in [0.05, 0.1) is 25.2 Å². The van der Waals surface area contributed by atoms with Gasteiger partial charge >= 0.3 is 5.97 Å². The number of hydrogen-bond donors (Lipinski definition) is 1. The van der Waals surface area contributed by atoms with Crippen LogP contribution in [0.4, 0.5) is 0 Å². The van der Waals surface area contributed by atoms with E-state index in [1.165, 1.54) is 7.11 Å². The van der Waals surface area contributed by atoms with Crippen LogP contribution >= 0.6 is 0 Å². The van der Waals surface area contributed by atoms with Crippen molar-refractivity contribution in [3.05, 3.63) is 0 Å². The Hall–Kier alpha value is -0.650. The van der Waals surface area contributed by atoms with Gasteiger partial charge in [0.15, 0.2) is 0 Å². The van der Waals surface area contributed by atoms with E-state index in [-0.39, 0.29) is 12.1 Å². The summed E-state index contributed by atoms with van der Waals surface area (Å²) in [6.07, 6.45) is 6.74. The molecule has 2 fully saturated rings. The van der Waals surface area contributed by atoms with Crippen LogP contribution in [0.5, 0.6) is 0 Å². The first-order chi connectivity index (χ1) is 9.61. The van der Waals surface area contributed by atoms with Crippen LogP contribution in [0.15, 0.2) is 0 Å². The zero-order valence-electron chi connectivity index (χ0n) is 12.5. The lowest BCUT2D eigenvalue weighted by molar-refractivity contribution is -0.141. The molecule has 0 amide bonds. The van der Waals surface area contributed by atoms with Gasteiger partial charge in [0, 0.05) is 26.2 Å². The summed E-state index contributed by atoms with van der Waals surface area (Å²) in [6.45, 7) is 2.91. The molecule has 1 N–H and O–H groups in total. The largest absolute Gasteiger partial charge is 0.469 e. The van der Waals surface area contributed by atoms with Gasteiger partial charge in [-0.15, -0.1) is 0 Å². The Morgan fingerprint density at radius 1 is 1.40 bits per heavy atom. The maximum Gasteiger partial charge on any atom is 0.306 e. The first-order valence-corrected chi connectivity index (χ1v) is 7.74. The molecule has 1 atom stereocenters. The smallest absolute Gasteiger partial charge is 0.306 e. The minimum absolute atomic E-state index is 0.194. The Balaban J connectivity index is 1.86. The Morgan fingerprint density at radius 3 is 2.75 bits per heavy atom. The number of rotatable bonds is 7. The molecule has 1 aliphatic heterocycles. The quantitative estimate of drug-likeness (QED) is 0.715. The zero-order chi connectivity index (χ0) is 14.4. The maximum absolute atomic E-state index is 11.3. The van der Waals surface area contributed by atoms with Crippen molar-refractivity contribution in [1.29, 1.82) is 0 Å². The third-order valence-corrected chi connectivity index (χ3v) is 4.40. The average molecular weight is 285 g/mol. The summed E-state index contributed by atoms with van der Waals surface area (Å²) in [4.78, 5) is 13.5. The van der Waals surface area contributed by atoms with Crippen LogP contribution in [-0.4, -0.2) is 61.0 Å². The molecule has 1 saturated carbocycles. The predicted molar refractivity (Wildman–Crippen MR) is 75.5 cm³/mol. The lowest BCUT2D eigenvalue weighted by Gasteiger charge is -2.32. The number of methoxy groups -OCH3 is 1. The van der Waals surface area contributed by atoms with Crippen molar-refractivity contribution in [3.63, 3.8) is 0 Å². The molecule has 1 aliphatic carbocycles. The molecule has 0 aromatic carbocycles. The van der Waals surface area contributed by atoms with Crippen molar-refractivity contribution in [2.24, 2.45) is 0 Å². The van der Waals surface area contributed by atoms with Gasteiger partial charge in [-0.3, -0.25) is 9.69 Å². The van der Waals surface area contributed by atoms with Crippen molar-refractivity contribution in [1.82, 2.24) is 4.90 Å². The number of hydrogen-bond acceptors (Lipinski definition) is 5. The fourth-order valence-electron chi connectivity index (χ4n) is 3.27. The molecule has 20 heavy (non-hydrogen) atoms. The van der Waals surface area contributed by atoms with Crippen molar-refractivity contribution < 1.29 is 19.4 Å². The van der Waals surface area contributed by atoms with Crippen molar-refractivity contribution in [3.8, 4) is 0 Å². The highest BCUT2D eigenvalue weighted by Crippen LogP contribution is 2.30. The molecule has 0 aromatic heterocycles. The highest BCUT2D eigenvalue weighted by atomic mass is 16.5. The van der Waals surface area contributed by atoms with E-state index >= 15 is 0 Å². The summed E-state index contributed by atoms with van der Waals surface area (Å²) in [5, 5.41) is 10.6. The lowest BCUT2D eigenvalue weighted by Crippen LogP contribution is -2.44. The van der Waals surface area contributed by atoms with Gasteiger partial charge in [0.25, 0.3) is 0 Å². The molecule has 5 nitrogen and oxygen atoms in total. The molecule has 0 bridgehead atoms. The molecule has 1 saturated heterocycles. The minimum Gasteiger partial charge on any atom is -0.469 e. The van der Waals surface area contributed by atoms with Crippen molar-refractivity contribution in [2.75, 3.05) is 33.4 Å². The predicted octanol–water partition coefficient (Wildman–Crippen LogP) is 1.34. The molecular weight excluding hydrogens is 258 g/mol. The molecule has 1 heterocycles. The van der Waals surface area contributed by atoms with Crippen LogP contribution in [-0.2, 0) is 14.3 Å². The van der Waals surface area contributed by atoms with Gasteiger partial charge in [0.1, 0.15) is 0 Å². The highest BCUT2D eigenvalue weighted by molar-refractivity contribution is 5.69.